The first-order chi connectivity index (χ1) is 12.5. The summed E-state index contributed by atoms with van der Waals surface area (Å²) in [5.74, 6) is 0.894. The van der Waals surface area contributed by atoms with Gasteiger partial charge in [-0.1, -0.05) is 25.1 Å². The number of anilines is 2. The van der Waals surface area contributed by atoms with Gasteiger partial charge in [-0.25, -0.2) is 4.98 Å². The van der Waals surface area contributed by atoms with E-state index in [1.165, 1.54) is 13.4 Å². The van der Waals surface area contributed by atoms with Gasteiger partial charge in [0.2, 0.25) is 11.8 Å². The molecule has 3 aromatic rings. The second-order valence-electron chi connectivity index (χ2n) is 6.42. The number of amides is 1. The van der Waals surface area contributed by atoms with E-state index in [1.807, 2.05) is 50.3 Å². The van der Waals surface area contributed by atoms with Crippen molar-refractivity contribution in [2.75, 3.05) is 31.4 Å². The quantitative estimate of drug-likeness (QED) is 0.711. The SMILES string of the molecule is COc1ncnc(N(C)C)c1NC(=O)C[C@@H](C)c1c[nH]c2ccccc12. The lowest BCUT2D eigenvalue weighted by atomic mass is 9.97. The van der Waals surface area contributed by atoms with Gasteiger partial charge in [0.25, 0.3) is 0 Å². The smallest absolute Gasteiger partial charge is 0.242 e. The van der Waals surface area contributed by atoms with E-state index in [-0.39, 0.29) is 11.8 Å². The first-order valence-electron chi connectivity index (χ1n) is 8.43. The molecule has 0 aliphatic heterocycles. The number of carbonyl (C=O) groups is 1. The minimum Gasteiger partial charge on any atom is -0.479 e. The second kappa shape index (κ2) is 7.43. The zero-order valence-electron chi connectivity index (χ0n) is 15.4. The van der Waals surface area contributed by atoms with Gasteiger partial charge in [0.05, 0.1) is 7.11 Å². The van der Waals surface area contributed by atoms with Gasteiger partial charge in [-0.05, 0) is 17.5 Å². The average Bonchev–Trinajstić information content (AvgIpc) is 3.05. The van der Waals surface area contributed by atoms with Crippen molar-refractivity contribution >= 4 is 28.3 Å². The van der Waals surface area contributed by atoms with Gasteiger partial charge in [0.15, 0.2) is 5.82 Å². The average molecular weight is 353 g/mol. The molecule has 0 aliphatic rings. The Bertz CT molecular complexity index is 919. The van der Waals surface area contributed by atoms with Crippen LogP contribution in [0.4, 0.5) is 11.5 Å². The van der Waals surface area contributed by atoms with Gasteiger partial charge in [0, 0.05) is 37.6 Å². The molecular weight excluding hydrogens is 330 g/mol. The lowest BCUT2D eigenvalue weighted by Crippen LogP contribution is -2.20. The van der Waals surface area contributed by atoms with Crippen LogP contribution in [0.5, 0.6) is 5.88 Å². The molecule has 1 amide bonds. The number of nitrogens with zero attached hydrogens (tertiary/aromatic N) is 3. The van der Waals surface area contributed by atoms with Gasteiger partial charge in [-0.2, -0.15) is 4.98 Å². The monoisotopic (exact) mass is 353 g/mol. The molecule has 0 radical (unpaired) electrons. The normalized spacial score (nSPS) is 12.0. The number of hydrogen-bond donors (Lipinski definition) is 2. The van der Waals surface area contributed by atoms with Gasteiger partial charge in [-0.3, -0.25) is 4.79 Å². The van der Waals surface area contributed by atoms with Crippen LogP contribution >= 0.6 is 0 Å². The fraction of sp³-hybridized carbons (Fsp3) is 0.316. The van der Waals surface area contributed by atoms with Crippen LogP contribution in [-0.2, 0) is 4.79 Å². The number of H-pyrrole nitrogens is 1. The molecule has 0 fully saturated rings. The Hall–Kier alpha value is -3.09. The first kappa shape index (κ1) is 17.7. The summed E-state index contributed by atoms with van der Waals surface area (Å²) in [4.78, 5) is 26.0. The molecule has 0 bridgehead atoms. The van der Waals surface area contributed by atoms with Crippen molar-refractivity contribution in [2.45, 2.75) is 19.3 Å². The van der Waals surface area contributed by atoms with Crippen molar-refractivity contribution in [2.24, 2.45) is 0 Å². The number of ether oxygens (including phenoxy) is 1. The number of methoxy groups -OCH3 is 1. The largest absolute Gasteiger partial charge is 0.479 e. The highest BCUT2D eigenvalue weighted by Gasteiger charge is 2.19. The molecule has 0 spiro atoms. The Morgan fingerprint density at radius 2 is 2.08 bits per heavy atom. The number of nitrogens with one attached hydrogen (secondary N) is 2. The second-order valence-corrected chi connectivity index (χ2v) is 6.42. The van der Waals surface area contributed by atoms with Gasteiger partial charge >= 0.3 is 0 Å². The molecule has 3 rings (SSSR count). The van der Waals surface area contributed by atoms with Crippen molar-refractivity contribution in [3.63, 3.8) is 0 Å². The highest BCUT2D eigenvalue weighted by molar-refractivity contribution is 5.96. The van der Waals surface area contributed by atoms with E-state index in [9.17, 15) is 4.79 Å². The molecule has 0 saturated carbocycles. The summed E-state index contributed by atoms with van der Waals surface area (Å²) >= 11 is 0. The Morgan fingerprint density at radius 1 is 1.31 bits per heavy atom. The van der Waals surface area contributed by atoms with Crippen LogP contribution in [0.1, 0.15) is 24.8 Å². The molecule has 2 heterocycles. The summed E-state index contributed by atoms with van der Waals surface area (Å²) in [7, 11) is 5.23. The van der Waals surface area contributed by atoms with E-state index >= 15 is 0 Å². The third-order valence-electron chi connectivity index (χ3n) is 4.32. The van der Waals surface area contributed by atoms with Crippen LogP contribution in [0.25, 0.3) is 10.9 Å². The van der Waals surface area contributed by atoms with E-state index < -0.39 is 0 Å². The van der Waals surface area contributed by atoms with Crippen LogP contribution in [0, 0.1) is 0 Å². The molecule has 136 valence electrons. The van der Waals surface area contributed by atoms with Gasteiger partial charge in [0.1, 0.15) is 12.0 Å². The van der Waals surface area contributed by atoms with Crippen LogP contribution in [0.2, 0.25) is 0 Å². The molecule has 26 heavy (non-hydrogen) atoms. The summed E-state index contributed by atoms with van der Waals surface area (Å²) in [5.41, 5.74) is 2.68. The summed E-state index contributed by atoms with van der Waals surface area (Å²) in [6, 6.07) is 8.08. The molecule has 1 aromatic carbocycles. The minimum absolute atomic E-state index is 0.0598. The molecule has 7 heteroatoms. The topological polar surface area (TPSA) is 83.1 Å². The molecule has 2 N–H and O–H groups in total. The Morgan fingerprint density at radius 3 is 2.81 bits per heavy atom. The number of aromatic nitrogens is 3. The number of hydrogen-bond acceptors (Lipinski definition) is 5. The Kier molecular flexibility index (Phi) is 5.06. The number of aromatic amines is 1. The molecule has 0 unspecified atom stereocenters. The number of para-hydroxylation sites is 1. The standard InChI is InChI=1S/C19H23N5O2/c1-12(14-10-20-15-8-6-5-7-13(14)15)9-16(25)23-17-18(24(2)3)21-11-22-19(17)26-4/h5-8,10-12,20H,9H2,1-4H3,(H,23,25)/t12-/m1/s1. The summed E-state index contributed by atoms with van der Waals surface area (Å²) in [6.45, 7) is 2.04. The third kappa shape index (κ3) is 3.46. The van der Waals surface area contributed by atoms with Crippen molar-refractivity contribution in [1.29, 1.82) is 0 Å². The summed E-state index contributed by atoms with van der Waals surface area (Å²) in [6.07, 6.45) is 3.73. The zero-order valence-corrected chi connectivity index (χ0v) is 15.4. The zero-order chi connectivity index (χ0) is 18.7. The fourth-order valence-corrected chi connectivity index (χ4v) is 3.04. The van der Waals surface area contributed by atoms with Gasteiger partial charge in [-0.15, -0.1) is 0 Å². The van der Waals surface area contributed by atoms with Crippen LogP contribution < -0.4 is 15.0 Å². The highest BCUT2D eigenvalue weighted by Crippen LogP contribution is 2.32. The molecular formula is C19H23N5O2. The van der Waals surface area contributed by atoms with E-state index in [2.05, 4.69) is 26.3 Å². The predicted molar refractivity (Wildman–Crippen MR) is 103 cm³/mol. The number of fused-ring (bicyclic) bond motifs is 1. The van der Waals surface area contributed by atoms with Crippen molar-refractivity contribution in [3.05, 3.63) is 42.4 Å². The summed E-state index contributed by atoms with van der Waals surface area (Å²) < 4.78 is 5.27. The summed E-state index contributed by atoms with van der Waals surface area (Å²) in [5, 5.41) is 4.05. The molecule has 7 nitrogen and oxygen atoms in total. The Balaban J connectivity index is 1.79. The maximum Gasteiger partial charge on any atom is 0.242 e. The number of benzene rings is 1. The predicted octanol–water partition coefficient (Wildman–Crippen LogP) is 3.16. The Labute approximate surface area is 152 Å². The minimum atomic E-state index is -0.112. The molecule has 1 atom stereocenters. The molecule has 0 saturated heterocycles. The molecule has 2 aromatic heterocycles. The molecule has 0 aliphatic carbocycles. The van der Waals surface area contributed by atoms with Crippen LogP contribution in [0.3, 0.4) is 0 Å². The fourth-order valence-electron chi connectivity index (χ4n) is 3.04. The van der Waals surface area contributed by atoms with Crippen molar-refractivity contribution in [1.82, 2.24) is 15.0 Å². The maximum absolute atomic E-state index is 12.6. The lowest BCUT2D eigenvalue weighted by Gasteiger charge is -2.18. The van der Waals surface area contributed by atoms with Crippen molar-refractivity contribution in [3.8, 4) is 5.88 Å². The van der Waals surface area contributed by atoms with E-state index in [1.54, 1.807) is 0 Å². The van der Waals surface area contributed by atoms with Crippen LogP contribution in [0.15, 0.2) is 36.8 Å². The van der Waals surface area contributed by atoms with E-state index in [4.69, 9.17) is 4.74 Å². The first-order valence-corrected chi connectivity index (χ1v) is 8.43. The third-order valence-corrected chi connectivity index (χ3v) is 4.32. The van der Waals surface area contributed by atoms with Crippen LogP contribution in [-0.4, -0.2) is 42.1 Å². The lowest BCUT2D eigenvalue weighted by molar-refractivity contribution is -0.116. The maximum atomic E-state index is 12.6. The highest BCUT2D eigenvalue weighted by atomic mass is 16.5. The van der Waals surface area contributed by atoms with E-state index in [0.717, 1.165) is 16.5 Å². The number of rotatable bonds is 6. The van der Waals surface area contributed by atoms with Gasteiger partial charge < -0.3 is 19.9 Å². The number of carbonyl (C=O) groups excluding carboxylic acids is 1. The van der Waals surface area contributed by atoms with Crippen molar-refractivity contribution < 1.29 is 9.53 Å². The van der Waals surface area contributed by atoms with E-state index in [0.29, 0.717) is 23.8 Å².